The molecule has 0 saturated carbocycles. The summed E-state index contributed by atoms with van der Waals surface area (Å²) in [5, 5.41) is 9.09. The number of aromatic nitrogens is 2. The van der Waals surface area contributed by atoms with Crippen molar-refractivity contribution in [2.45, 2.75) is 25.7 Å². The average Bonchev–Trinajstić information content (AvgIpc) is 2.82. The molecule has 0 fully saturated rings. The van der Waals surface area contributed by atoms with Crippen molar-refractivity contribution in [2.24, 2.45) is 0 Å². The average molecular weight is 275 g/mol. The second kappa shape index (κ2) is 4.63. The first kappa shape index (κ1) is 12.7. The molecule has 2 aromatic rings. The number of benzene rings is 1. The van der Waals surface area contributed by atoms with E-state index in [-0.39, 0.29) is 16.9 Å². The number of nitrogens with zero attached hydrogens (tertiary/aromatic N) is 2. The second-order valence-corrected chi connectivity index (χ2v) is 4.91. The number of carbonyl (C=O) groups is 1. The molecule has 1 aromatic carbocycles. The Morgan fingerprint density at radius 1 is 1.35 bits per heavy atom. The number of aryl methyl sites for hydroxylation is 1. The number of nitrogen functional groups attached to an aromatic ring is 1. The van der Waals surface area contributed by atoms with Crippen LogP contribution in [0.1, 0.15) is 34.6 Å². The highest BCUT2D eigenvalue weighted by molar-refractivity contribution is 5.94. The molecule has 0 saturated heterocycles. The molecule has 1 heterocycles. The molecule has 6 heteroatoms. The van der Waals surface area contributed by atoms with Gasteiger partial charge in [-0.15, -0.1) is 0 Å². The highest BCUT2D eigenvalue weighted by Gasteiger charge is 2.20. The number of halogens is 1. The van der Waals surface area contributed by atoms with E-state index in [9.17, 15) is 9.18 Å². The molecule has 3 N–H and O–H groups in total. The number of carboxylic acids is 1. The predicted octanol–water partition coefficient (Wildman–Crippen LogP) is 2.17. The fourth-order valence-electron chi connectivity index (χ4n) is 2.62. The van der Waals surface area contributed by atoms with E-state index in [4.69, 9.17) is 10.8 Å². The van der Waals surface area contributed by atoms with E-state index in [1.165, 1.54) is 6.07 Å². The Bertz CT molecular complexity index is 694. The first-order valence-electron chi connectivity index (χ1n) is 6.45. The smallest absolute Gasteiger partial charge is 0.337 e. The Labute approximate surface area is 114 Å². The fraction of sp³-hybridized carbons (Fsp3) is 0.286. The lowest BCUT2D eigenvalue weighted by Crippen LogP contribution is -2.10. The first-order chi connectivity index (χ1) is 9.58. The van der Waals surface area contributed by atoms with Gasteiger partial charge >= 0.3 is 5.97 Å². The number of hydrogen-bond acceptors (Lipinski definition) is 3. The quantitative estimate of drug-likeness (QED) is 0.823. The largest absolute Gasteiger partial charge is 0.478 e. The molecule has 1 aromatic heterocycles. The van der Waals surface area contributed by atoms with Gasteiger partial charge in [0.2, 0.25) is 0 Å². The molecule has 20 heavy (non-hydrogen) atoms. The van der Waals surface area contributed by atoms with Crippen LogP contribution in [0, 0.1) is 5.82 Å². The Kier molecular flexibility index (Phi) is 2.93. The van der Waals surface area contributed by atoms with E-state index in [2.05, 4.69) is 4.98 Å². The van der Waals surface area contributed by atoms with Crippen LogP contribution in [0.3, 0.4) is 0 Å². The summed E-state index contributed by atoms with van der Waals surface area (Å²) in [6.07, 6.45) is 5.36. The zero-order valence-corrected chi connectivity index (χ0v) is 10.8. The van der Waals surface area contributed by atoms with E-state index in [1.807, 2.05) is 0 Å². The van der Waals surface area contributed by atoms with Gasteiger partial charge in [-0.05, 0) is 37.8 Å². The van der Waals surface area contributed by atoms with Crippen LogP contribution in [0.25, 0.3) is 5.69 Å². The van der Waals surface area contributed by atoms with Crippen molar-refractivity contribution in [3.05, 3.63) is 41.2 Å². The van der Waals surface area contributed by atoms with E-state index in [1.54, 1.807) is 10.9 Å². The van der Waals surface area contributed by atoms with Gasteiger partial charge < -0.3 is 15.4 Å². The van der Waals surface area contributed by atoms with Gasteiger partial charge in [-0.25, -0.2) is 14.2 Å². The third-order valence-corrected chi connectivity index (χ3v) is 3.64. The Balaban J connectivity index is 2.17. The SMILES string of the molecule is Nc1cc(F)c(-n2cnc3c2CCCC3)cc1C(=O)O. The molecule has 0 bridgehead atoms. The van der Waals surface area contributed by atoms with Gasteiger partial charge in [0, 0.05) is 11.4 Å². The predicted molar refractivity (Wildman–Crippen MR) is 71.5 cm³/mol. The Morgan fingerprint density at radius 3 is 2.85 bits per heavy atom. The van der Waals surface area contributed by atoms with Crippen molar-refractivity contribution in [1.29, 1.82) is 0 Å². The number of imidazole rings is 1. The highest BCUT2D eigenvalue weighted by atomic mass is 19.1. The minimum Gasteiger partial charge on any atom is -0.478 e. The standard InChI is InChI=1S/C14H14FN3O2/c15-9-6-10(16)8(14(19)20)5-13(9)18-7-17-11-3-1-2-4-12(11)18/h5-7H,1-4,16H2,(H,19,20). The summed E-state index contributed by atoms with van der Waals surface area (Å²) >= 11 is 0. The summed E-state index contributed by atoms with van der Waals surface area (Å²) in [5.74, 6) is -1.71. The monoisotopic (exact) mass is 275 g/mol. The van der Waals surface area contributed by atoms with Crippen molar-refractivity contribution in [3.8, 4) is 5.69 Å². The Hall–Kier alpha value is -2.37. The van der Waals surface area contributed by atoms with Crippen molar-refractivity contribution in [2.75, 3.05) is 5.73 Å². The van der Waals surface area contributed by atoms with Crippen LogP contribution in [-0.4, -0.2) is 20.6 Å². The molecule has 104 valence electrons. The first-order valence-corrected chi connectivity index (χ1v) is 6.45. The number of anilines is 1. The number of carboxylic acid groups (broad SMARTS) is 1. The number of rotatable bonds is 2. The van der Waals surface area contributed by atoms with Crippen molar-refractivity contribution in [1.82, 2.24) is 9.55 Å². The molecule has 5 nitrogen and oxygen atoms in total. The molecule has 0 radical (unpaired) electrons. The molecular weight excluding hydrogens is 261 g/mol. The molecule has 0 atom stereocenters. The number of fused-ring (bicyclic) bond motifs is 1. The third-order valence-electron chi connectivity index (χ3n) is 3.64. The van der Waals surface area contributed by atoms with Gasteiger partial charge in [0.1, 0.15) is 5.82 Å². The summed E-state index contributed by atoms with van der Waals surface area (Å²) in [6.45, 7) is 0. The summed E-state index contributed by atoms with van der Waals surface area (Å²) in [7, 11) is 0. The minimum absolute atomic E-state index is 0.0762. The summed E-state index contributed by atoms with van der Waals surface area (Å²) < 4.78 is 15.7. The second-order valence-electron chi connectivity index (χ2n) is 4.91. The fourth-order valence-corrected chi connectivity index (χ4v) is 2.62. The van der Waals surface area contributed by atoms with Crippen LogP contribution in [0.15, 0.2) is 18.5 Å². The van der Waals surface area contributed by atoms with E-state index >= 15 is 0 Å². The number of aromatic carboxylic acids is 1. The zero-order chi connectivity index (χ0) is 14.3. The van der Waals surface area contributed by atoms with Gasteiger partial charge in [-0.1, -0.05) is 0 Å². The van der Waals surface area contributed by atoms with E-state index in [0.29, 0.717) is 0 Å². The summed E-state index contributed by atoms with van der Waals surface area (Å²) in [4.78, 5) is 15.4. The molecule has 0 aliphatic heterocycles. The van der Waals surface area contributed by atoms with Crippen molar-refractivity contribution < 1.29 is 14.3 Å². The van der Waals surface area contributed by atoms with Crippen molar-refractivity contribution in [3.63, 3.8) is 0 Å². The van der Waals surface area contributed by atoms with Gasteiger partial charge in [0.05, 0.1) is 23.3 Å². The number of hydrogen-bond donors (Lipinski definition) is 2. The molecule has 3 rings (SSSR count). The number of nitrogens with two attached hydrogens (primary N) is 1. The maximum absolute atomic E-state index is 14.1. The molecule has 0 amide bonds. The van der Waals surface area contributed by atoms with Gasteiger partial charge in [0.15, 0.2) is 0 Å². The molecule has 1 aliphatic carbocycles. The van der Waals surface area contributed by atoms with Crippen LogP contribution in [0.5, 0.6) is 0 Å². The van der Waals surface area contributed by atoms with Crippen LogP contribution < -0.4 is 5.73 Å². The molecule has 0 spiro atoms. The van der Waals surface area contributed by atoms with Gasteiger partial charge in [-0.3, -0.25) is 0 Å². The summed E-state index contributed by atoms with van der Waals surface area (Å²) in [5.41, 5.74) is 7.47. The topological polar surface area (TPSA) is 81.1 Å². The highest BCUT2D eigenvalue weighted by Crippen LogP contribution is 2.27. The Morgan fingerprint density at radius 2 is 2.10 bits per heavy atom. The lowest BCUT2D eigenvalue weighted by atomic mass is 10.0. The van der Waals surface area contributed by atoms with Crippen LogP contribution in [-0.2, 0) is 12.8 Å². The van der Waals surface area contributed by atoms with Gasteiger partial charge in [-0.2, -0.15) is 0 Å². The van der Waals surface area contributed by atoms with Gasteiger partial charge in [0.25, 0.3) is 0 Å². The maximum Gasteiger partial charge on any atom is 0.337 e. The lowest BCUT2D eigenvalue weighted by Gasteiger charge is -2.15. The normalized spacial score (nSPS) is 14.1. The molecule has 1 aliphatic rings. The van der Waals surface area contributed by atoms with Crippen LogP contribution in [0.2, 0.25) is 0 Å². The van der Waals surface area contributed by atoms with E-state index < -0.39 is 11.8 Å². The third kappa shape index (κ3) is 1.93. The van der Waals surface area contributed by atoms with E-state index in [0.717, 1.165) is 43.1 Å². The summed E-state index contributed by atoms with van der Waals surface area (Å²) in [6, 6.07) is 2.32. The van der Waals surface area contributed by atoms with Crippen LogP contribution in [0.4, 0.5) is 10.1 Å². The van der Waals surface area contributed by atoms with Crippen molar-refractivity contribution >= 4 is 11.7 Å². The zero-order valence-electron chi connectivity index (χ0n) is 10.8. The molecular formula is C14H14FN3O2. The lowest BCUT2D eigenvalue weighted by molar-refractivity contribution is 0.0698. The maximum atomic E-state index is 14.1. The van der Waals surface area contributed by atoms with Crippen LogP contribution >= 0.6 is 0 Å². The minimum atomic E-state index is -1.17. The molecule has 0 unspecified atom stereocenters.